The molecular weight excluding hydrogens is 327 g/mol. The van der Waals surface area contributed by atoms with E-state index in [2.05, 4.69) is 25.9 Å². The Hall–Kier alpha value is -1.82. The summed E-state index contributed by atoms with van der Waals surface area (Å²) < 4.78 is 13.6. The molecule has 2 aromatic rings. The highest BCUT2D eigenvalue weighted by molar-refractivity contribution is 9.10. The first-order valence-electron chi connectivity index (χ1n) is 6.07. The fourth-order valence-electron chi connectivity index (χ4n) is 1.82. The number of aromatic carboxylic acids is 1. The summed E-state index contributed by atoms with van der Waals surface area (Å²) in [6, 6.07) is 4.20. The molecule has 1 aromatic heterocycles. The molecule has 0 fully saturated rings. The van der Waals surface area contributed by atoms with Gasteiger partial charge in [0.05, 0.1) is 11.3 Å². The topological polar surface area (TPSA) is 63.1 Å². The van der Waals surface area contributed by atoms with Gasteiger partial charge in [-0.25, -0.2) is 19.2 Å². The van der Waals surface area contributed by atoms with Crippen LogP contribution in [0, 0.1) is 5.82 Å². The Kier molecular flexibility index (Phi) is 4.44. The summed E-state index contributed by atoms with van der Waals surface area (Å²) in [6.07, 6.45) is 2.63. The molecule has 2 rings (SSSR count). The molecule has 0 amide bonds. The predicted octanol–water partition coefficient (Wildman–Crippen LogP) is 3.70. The van der Waals surface area contributed by atoms with E-state index in [4.69, 9.17) is 5.11 Å². The van der Waals surface area contributed by atoms with E-state index in [-0.39, 0.29) is 11.4 Å². The lowest BCUT2D eigenvalue weighted by Crippen LogP contribution is -2.07. The van der Waals surface area contributed by atoms with E-state index >= 15 is 0 Å². The van der Waals surface area contributed by atoms with Crippen molar-refractivity contribution in [3.63, 3.8) is 0 Å². The Labute approximate surface area is 123 Å². The van der Waals surface area contributed by atoms with Crippen LogP contribution in [0.5, 0.6) is 0 Å². The molecule has 0 bridgehead atoms. The number of nitrogens with zero attached hydrogens (tertiary/aromatic N) is 2. The maximum Gasteiger partial charge on any atom is 0.339 e. The maximum absolute atomic E-state index is 13.1. The van der Waals surface area contributed by atoms with Gasteiger partial charge in [-0.2, -0.15) is 0 Å². The molecule has 1 heterocycles. The number of carboxylic acids is 1. The average molecular weight is 339 g/mol. The lowest BCUT2D eigenvalue weighted by molar-refractivity contribution is 0.0694. The molecule has 0 atom stereocenters. The first kappa shape index (κ1) is 14.6. The van der Waals surface area contributed by atoms with Crippen LogP contribution >= 0.6 is 15.9 Å². The van der Waals surface area contributed by atoms with Crippen LogP contribution in [-0.2, 0) is 6.42 Å². The number of hydrogen-bond donors (Lipinski definition) is 1. The molecule has 0 radical (unpaired) electrons. The Morgan fingerprint density at radius 1 is 1.45 bits per heavy atom. The summed E-state index contributed by atoms with van der Waals surface area (Å²) in [5.74, 6) is -1.03. The number of rotatable bonds is 4. The van der Waals surface area contributed by atoms with E-state index in [1.165, 1.54) is 18.3 Å². The van der Waals surface area contributed by atoms with Gasteiger partial charge in [-0.1, -0.05) is 13.3 Å². The van der Waals surface area contributed by atoms with E-state index in [1.807, 2.05) is 6.92 Å². The van der Waals surface area contributed by atoms with Crippen molar-refractivity contribution < 1.29 is 14.3 Å². The van der Waals surface area contributed by atoms with E-state index in [0.717, 1.165) is 6.42 Å². The first-order chi connectivity index (χ1) is 9.52. The van der Waals surface area contributed by atoms with Gasteiger partial charge >= 0.3 is 5.97 Å². The minimum Gasteiger partial charge on any atom is -0.478 e. The monoisotopic (exact) mass is 338 g/mol. The number of halogens is 2. The van der Waals surface area contributed by atoms with Crippen molar-refractivity contribution in [1.29, 1.82) is 0 Å². The van der Waals surface area contributed by atoms with Gasteiger partial charge in [0.1, 0.15) is 5.82 Å². The van der Waals surface area contributed by atoms with Gasteiger partial charge in [0, 0.05) is 16.2 Å². The van der Waals surface area contributed by atoms with E-state index in [0.29, 0.717) is 28.0 Å². The van der Waals surface area contributed by atoms with E-state index in [9.17, 15) is 9.18 Å². The summed E-state index contributed by atoms with van der Waals surface area (Å²) in [7, 11) is 0. The zero-order valence-corrected chi connectivity index (χ0v) is 12.3. The maximum atomic E-state index is 13.1. The number of aromatic nitrogens is 2. The third-order valence-corrected chi connectivity index (χ3v) is 3.41. The number of benzene rings is 1. The molecule has 0 aliphatic carbocycles. The lowest BCUT2D eigenvalue weighted by atomic mass is 10.1. The normalized spacial score (nSPS) is 10.6. The molecule has 0 aliphatic heterocycles. The quantitative estimate of drug-likeness (QED) is 0.923. The zero-order valence-electron chi connectivity index (χ0n) is 10.7. The predicted molar refractivity (Wildman–Crippen MR) is 76.1 cm³/mol. The Bertz CT molecular complexity index is 662. The molecule has 6 heteroatoms. The van der Waals surface area contributed by atoms with Crippen LogP contribution in [0.25, 0.3) is 11.4 Å². The fourth-order valence-corrected chi connectivity index (χ4v) is 2.35. The van der Waals surface area contributed by atoms with Crippen molar-refractivity contribution in [3.8, 4) is 11.4 Å². The van der Waals surface area contributed by atoms with Crippen LogP contribution in [-0.4, -0.2) is 21.0 Å². The molecule has 0 saturated heterocycles. The summed E-state index contributed by atoms with van der Waals surface area (Å²) in [6.45, 7) is 1.95. The molecule has 4 nitrogen and oxygen atoms in total. The Balaban J connectivity index is 2.52. The molecule has 20 heavy (non-hydrogen) atoms. The molecular formula is C14H12BrFN2O2. The molecule has 0 spiro atoms. The summed E-state index contributed by atoms with van der Waals surface area (Å²) in [5, 5.41) is 9.11. The highest BCUT2D eigenvalue weighted by Crippen LogP contribution is 2.27. The van der Waals surface area contributed by atoms with Crippen molar-refractivity contribution in [2.75, 3.05) is 0 Å². The van der Waals surface area contributed by atoms with Crippen LogP contribution < -0.4 is 0 Å². The number of hydrogen-bond acceptors (Lipinski definition) is 3. The largest absolute Gasteiger partial charge is 0.478 e. The van der Waals surface area contributed by atoms with Gasteiger partial charge < -0.3 is 5.11 Å². The van der Waals surface area contributed by atoms with Crippen molar-refractivity contribution in [2.45, 2.75) is 19.8 Å². The zero-order chi connectivity index (χ0) is 14.7. The van der Waals surface area contributed by atoms with Gasteiger partial charge in [-0.15, -0.1) is 0 Å². The smallest absolute Gasteiger partial charge is 0.339 e. The first-order valence-corrected chi connectivity index (χ1v) is 6.87. The molecule has 0 unspecified atom stereocenters. The Morgan fingerprint density at radius 3 is 2.80 bits per heavy atom. The summed E-state index contributed by atoms with van der Waals surface area (Å²) in [5.41, 5.74) is 1.22. The molecule has 0 aliphatic rings. The average Bonchev–Trinajstić information content (AvgIpc) is 2.38. The second-order valence-electron chi connectivity index (χ2n) is 4.23. The van der Waals surface area contributed by atoms with Crippen molar-refractivity contribution in [2.24, 2.45) is 0 Å². The standard InChI is InChI=1S/C14H12BrFN2O2/c1-2-3-12-10(14(19)20)7-17-13(18-12)9-5-4-8(16)6-11(9)15/h4-7H,2-3H2,1H3,(H,19,20). The molecule has 104 valence electrons. The van der Waals surface area contributed by atoms with Crippen molar-refractivity contribution in [3.05, 3.63) is 45.9 Å². The summed E-state index contributed by atoms with van der Waals surface area (Å²) in [4.78, 5) is 19.5. The van der Waals surface area contributed by atoms with Crippen LogP contribution in [0.3, 0.4) is 0 Å². The van der Waals surface area contributed by atoms with Gasteiger partial charge in [0.15, 0.2) is 5.82 Å². The van der Waals surface area contributed by atoms with Crippen LogP contribution in [0.15, 0.2) is 28.9 Å². The van der Waals surface area contributed by atoms with Gasteiger partial charge in [-0.05, 0) is 40.5 Å². The number of carboxylic acid groups (broad SMARTS) is 1. The second kappa shape index (κ2) is 6.09. The minimum atomic E-state index is -1.04. The molecule has 0 saturated carbocycles. The van der Waals surface area contributed by atoms with Gasteiger partial charge in [0.2, 0.25) is 0 Å². The van der Waals surface area contributed by atoms with E-state index < -0.39 is 5.97 Å². The van der Waals surface area contributed by atoms with Crippen LogP contribution in [0.4, 0.5) is 4.39 Å². The van der Waals surface area contributed by atoms with Crippen LogP contribution in [0.1, 0.15) is 29.4 Å². The fraction of sp³-hybridized carbons (Fsp3) is 0.214. The minimum absolute atomic E-state index is 0.105. The second-order valence-corrected chi connectivity index (χ2v) is 5.09. The number of carbonyl (C=O) groups is 1. The molecule has 1 aromatic carbocycles. The number of aryl methyl sites for hydroxylation is 1. The highest BCUT2D eigenvalue weighted by Gasteiger charge is 2.15. The van der Waals surface area contributed by atoms with Crippen molar-refractivity contribution >= 4 is 21.9 Å². The third kappa shape index (κ3) is 3.01. The SMILES string of the molecule is CCCc1nc(-c2ccc(F)cc2Br)ncc1C(=O)O. The molecule has 1 N–H and O–H groups in total. The van der Waals surface area contributed by atoms with Crippen molar-refractivity contribution in [1.82, 2.24) is 9.97 Å². The van der Waals surface area contributed by atoms with Crippen LogP contribution in [0.2, 0.25) is 0 Å². The van der Waals surface area contributed by atoms with Gasteiger partial charge in [0.25, 0.3) is 0 Å². The lowest BCUT2D eigenvalue weighted by Gasteiger charge is -2.08. The summed E-state index contributed by atoms with van der Waals surface area (Å²) >= 11 is 3.26. The highest BCUT2D eigenvalue weighted by atomic mass is 79.9. The third-order valence-electron chi connectivity index (χ3n) is 2.76. The van der Waals surface area contributed by atoms with Gasteiger partial charge in [-0.3, -0.25) is 0 Å². The van der Waals surface area contributed by atoms with E-state index in [1.54, 1.807) is 6.07 Å². The Morgan fingerprint density at radius 2 is 2.20 bits per heavy atom.